The molecule has 0 aromatic heterocycles. The summed E-state index contributed by atoms with van der Waals surface area (Å²) in [5.41, 5.74) is 1.59. The minimum absolute atomic E-state index is 0.0850. The molecule has 2 aromatic rings. The Morgan fingerprint density at radius 3 is 1.26 bits per heavy atom. The average Bonchev–Trinajstić information content (AvgIpc) is 2.64. The van der Waals surface area contributed by atoms with Crippen LogP contribution in [0.5, 0.6) is 11.5 Å². The van der Waals surface area contributed by atoms with Crippen molar-refractivity contribution < 1.29 is 35.8 Å². The molecular weight excluding hydrogens is 374 g/mol. The van der Waals surface area contributed by atoms with Crippen LogP contribution >= 0.6 is 0 Å². The first-order valence-corrected chi connectivity index (χ1v) is 7.79. The molecule has 0 heterocycles. The van der Waals surface area contributed by atoms with Crippen LogP contribution in [-0.4, -0.2) is 0 Å². The highest BCUT2D eigenvalue weighted by molar-refractivity contribution is 5.38. The fraction of sp³-hybridized carbons (Fsp3) is 0.158. The summed E-state index contributed by atoms with van der Waals surface area (Å²) in [6.45, 7) is 1.90. The third-order valence-corrected chi connectivity index (χ3v) is 3.69. The van der Waals surface area contributed by atoms with Crippen LogP contribution in [0.25, 0.3) is 0 Å². The van der Waals surface area contributed by atoms with Crippen molar-refractivity contribution >= 4 is 0 Å². The van der Waals surface area contributed by atoms with Gasteiger partial charge < -0.3 is 9.47 Å². The van der Waals surface area contributed by atoms with Crippen molar-refractivity contribution in [2.24, 2.45) is 0 Å². The van der Waals surface area contributed by atoms with E-state index in [0.29, 0.717) is 6.42 Å². The summed E-state index contributed by atoms with van der Waals surface area (Å²) in [5.74, 6) is -0.291. The molecule has 8 heteroatoms. The zero-order chi connectivity index (χ0) is 20.0. The third kappa shape index (κ3) is 5.54. The maximum atomic E-state index is 12.8. The first kappa shape index (κ1) is 20.4. The second-order valence-electron chi connectivity index (χ2n) is 5.37. The molecule has 2 nitrogen and oxygen atoms in total. The summed E-state index contributed by atoms with van der Waals surface area (Å²) in [7, 11) is 0. The monoisotopic (exact) mass is 388 g/mol. The topological polar surface area (TPSA) is 18.5 Å². The van der Waals surface area contributed by atoms with Gasteiger partial charge in [-0.05, 0) is 41.8 Å². The summed E-state index contributed by atoms with van der Waals surface area (Å²) < 4.78 is 82.6. The van der Waals surface area contributed by atoms with E-state index in [2.05, 4.69) is 9.47 Å². The highest BCUT2D eigenvalue weighted by Crippen LogP contribution is 2.31. The SMILES string of the molecule is CCC(c1ccc(OC(F)=C(F)F)cc1)c1ccc(OC(F)=C(F)F)cc1. The number of benzene rings is 2. The minimum Gasteiger partial charge on any atom is -0.428 e. The first-order valence-electron chi connectivity index (χ1n) is 7.79. The molecule has 0 saturated heterocycles. The van der Waals surface area contributed by atoms with Crippen molar-refractivity contribution in [2.45, 2.75) is 19.3 Å². The Bertz CT molecular complexity index is 751. The van der Waals surface area contributed by atoms with Gasteiger partial charge in [-0.2, -0.15) is 26.3 Å². The lowest BCUT2D eigenvalue weighted by atomic mass is 9.89. The molecule has 0 aliphatic carbocycles. The van der Waals surface area contributed by atoms with Crippen LogP contribution in [0.15, 0.2) is 72.7 Å². The fourth-order valence-electron chi connectivity index (χ4n) is 2.48. The van der Waals surface area contributed by atoms with Crippen LogP contribution in [0.3, 0.4) is 0 Å². The largest absolute Gasteiger partial charge is 0.428 e. The smallest absolute Gasteiger partial charge is 0.344 e. The zero-order valence-electron chi connectivity index (χ0n) is 14.0. The molecule has 0 N–H and O–H groups in total. The molecule has 0 spiro atoms. The molecule has 0 radical (unpaired) electrons. The van der Waals surface area contributed by atoms with E-state index < -0.39 is 24.2 Å². The molecule has 0 saturated carbocycles. The van der Waals surface area contributed by atoms with Gasteiger partial charge in [-0.25, -0.2) is 0 Å². The molecule has 0 fully saturated rings. The third-order valence-electron chi connectivity index (χ3n) is 3.69. The Labute approximate surface area is 151 Å². The van der Waals surface area contributed by atoms with Crippen LogP contribution in [0.1, 0.15) is 30.4 Å². The van der Waals surface area contributed by atoms with E-state index in [1.165, 1.54) is 24.3 Å². The lowest BCUT2D eigenvalue weighted by Gasteiger charge is -2.17. The first-order chi connectivity index (χ1) is 12.8. The van der Waals surface area contributed by atoms with Crippen LogP contribution in [0.2, 0.25) is 0 Å². The van der Waals surface area contributed by atoms with E-state index >= 15 is 0 Å². The van der Waals surface area contributed by atoms with Crippen molar-refractivity contribution in [3.63, 3.8) is 0 Å². The Balaban J connectivity index is 2.16. The average molecular weight is 388 g/mol. The van der Waals surface area contributed by atoms with E-state index in [1.807, 2.05) is 6.92 Å². The van der Waals surface area contributed by atoms with Crippen LogP contribution in [0, 0.1) is 0 Å². The summed E-state index contributed by atoms with van der Waals surface area (Å²) in [6.07, 6.45) is -4.44. The zero-order valence-corrected chi connectivity index (χ0v) is 14.0. The van der Waals surface area contributed by atoms with Gasteiger partial charge in [0.2, 0.25) is 0 Å². The predicted molar refractivity (Wildman–Crippen MR) is 87.0 cm³/mol. The molecular formula is C19H14F6O2. The lowest BCUT2D eigenvalue weighted by molar-refractivity contribution is 0.241. The van der Waals surface area contributed by atoms with Gasteiger partial charge in [0.15, 0.2) is 0 Å². The lowest BCUT2D eigenvalue weighted by Crippen LogP contribution is -2.00. The van der Waals surface area contributed by atoms with Crippen molar-refractivity contribution in [3.8, 4) is 11.5 Å². The van der Waals surface area contributed by atoms with Gasteiger partial charge >= 0.3 is 24.2 Å². The van der Waals surface area contributed by atoms with E-state index in [1.54, 1.807) is 24.3 Å². The van der Waals surface area contributed by atoms with Crippen LogP contribution < -0.4 is 9.47 Å². The Kier molecular flexibility index (Phi) is 6.92. The van der Waals surface area contributed by atoms with E-state index in [9.17, 15) is 26.3 Å². The van der Waals surface area contributed by atoms with E-state index in [4.69, 9.17) is 0 Å². The van der Waals surface area contributed by atoms with Gasteiger partial charge in [0.05, 0.1) is 0 Å². The number of ether oxygens (including phenoxy) is 2. The number of hydrogen-bond acceptors (Lipinski definition) is 2. The second kappa shape index (κ2) is 9.16. The molecule has 0 aliphatic rings. The van der Waals surface area contributed by atoms with Crippen molar-refractivity contribution in [1.82, 2.24) is 0 Å². The molecule has 2 rings (SSSR count). The standard InChI is InChI=1S/C19H14F6O2/c1-2-15(11-3-7-13(8-4-11)26-18(24)16(20)21)12-5-9-14(10-6-12)27-19(25)17(22)23/h3-10,15H,2H2,1H3. The van der Waals surface area contributed by atoms with Gasteiger partial charge in [-0.3, -0.25) is 0 Å². The number of hydrogen-bond donors (Lipinski definition) is 0. The molecule has 0 amide bonds. The summed E-state index contributed by atoms with van der Waals surface area (Å²) in [4.78, 5) is 0. The van der Waals surface area contributed by atoms with Gasteiger partial charge in [0, 0.05) is 5.92 Å². The highest BCUT2D eigenvalue weighted by Gasteiger charge is 2.14. The van der Waals surface area contributed by atoms with Gasteiger partial charge in [0.25, 0.3) is 0 Å². The molecule has 0 unspecified atom stereocenters. The van der Waals surface area contributed by atoms with Gasteiger partial charge in [0.1, 0.15) is 11.5 Å². The van der Waals surface area contributed by atoms with Gasteiger partial charge in [-0.15, -0.1) is 0 Å². The Hall–Kier alpha value is -2.90. The van der Waals surface area contributed by atoms with Gasteiger partial charge in [-0.1, -0.05) is 31.2 Å². The van der Waals surface area contributed by atoms with Crippen molar-refractivity contribution in [2.75, 3.05) is 0 Å². The predicted octanol–water partition coefficient (Wildman–Crippen LogP) is 7.06. The maximum Gasteiger partial charge on any atom is 0.344 e. The molecule has 0 bridgehead atoms. The molecule has 2 aromatic carbocycles. The van der Waals surface area contributed by atoms with E-state index in [0.717, 1.165) is 11.1 Å². The molecule has 144 valence electrons. The molecule has 0 atom stereocenters. The Morgan fingerprint density at radius 1 is 0.667 bits per heavy atom. The fourth-order valence-corrected chi connectivity index (χ4v) is 2.48. The Morgan fingerprint density at radius 2 is 1.00 bits per heavy atom. The summed E-state index contributed by atoms with van der Waals surface area (Å²) >= 11 is 0. The normalized spacial score (nSPS) is 10.5. The second-order valence-corrected chi connectivity index (χ2v) is 5.37. The molecule has 27 heavy (non-hydrogen) atoms. The summed E-state index contributed by atoms with van der Waals surface area (Å²) in [5, 5.41) is 0. The van der Waals surface area contributed by atoms with Crippen molar-refractivity contribution in [3.05, 3.63) is 83.8 Å². The molecule has 0 aliphatic heterocycles. The summed E-state index contributed by atoms with van der Waals surface area (Å²) in [6, 6.07) is 7.86. The number of rotatable bonds is 7. The highest BCUT2D eigenvalue weighted by atomic mass is 19.3. The quantitative estimate of drug-likeness (QED) is 0.374. The van der Waals surface area contributed by atoms with E-state index in [-0.39, 0.29) is 17.4 Å². The van der Waals surface area contributed by atoms with Crippen molar-refractivity contribution in [1.29, 1.82) is 0 Å². The van der Waals surface area contributed by atoms with Crippen LogP contribution in [-0.2, 0) is 0 Å². The van der Waals surface area contributed by atoms with Crippen LogP contribution in [0.4, 0.5) is 26.3 Å². The minimum atomic E-state index is -2.55. The maximum absolute atomic E-state index is 12.8. The number of halogens is 6.